The summed E-state index contributed by atoms with van der Waals surface area (Å²) < 4.78 is 0. The van der Waals surface area contributed by atoms with Gasteiger partial charge in [0.25, 0.3) is 0 Å². The largest absolute Gasteiger partial charge is 0.333 e. The third-order valence-corrected chi connectivity index (χ3v) is 5.79. The van der Waals surface area contributed by atoms with Crippen molar-refractivity contribution >= 4 is 23.2 Å². The lowest BCUT2D eigenvalue weighted by atomic mass is 9.94. The highest BCUT2D eigenvalue weighted by Gasteiger charge is 2.34. The molecule has 0 atom stereocenters. The van der Waals surface area contributed by atoms with E-state index in [0.29, 0.717) is 25.6 Å². The second-order valence-electron chi connectivity index (χ2n) is 8.69. The summed E-state index contributed by atoms with van der Waals surface area (Å²) in [5.74, 6) is 0.623. The number of benzene rings is 1. The zero-order valence-corrected chi connectivity index (χ0v) is 17.9. The van der Waals surface area contributed by atoms with Crippen LogP contribution in [0.4, 0.5) is 0 Å². The highest BCUT2D eigenvalue weighted by atomic mass is 32.1. The minimum Gasteiger partial charge on any atom is -0.333 e. The lowest BCUT2D eigenvalue weighted by Gasteiger charge is -2.31. The molecule has 1 aromatic carbocycles. The van der Waals surface area contributed by atoms with E-state index in [9.17, 15) is 9.59 Å². The van der Waals surface area contributed by atoms with E-state index in [1.807, 2.05) is 67.4 Å². The molecule has 4 nitrogen and oxygen atoms in total. The molecule has 28 heavy (non-hydrogen) atoms. The van der Waals surface area contributed by atoms with E-state index in [1.165, 1.54) is 0 Å². The molecule has 1 fully saturated rings. The molecule has 0 spiro atoms. The summed E-state index contributed by atoms with van der Waals surface area (Å²) in [6.45, 7) is 7.75. The summed E-state index contributed by atoms with van der Waals surface area (Å²) in [7, 11) is 0. The molecule has 1 aliphatic rings. The van der Waals surface area contributed by atoms with E-state index in [-0.39, 0.29) is 18.4 Å². The third kappa shape index (κ3) is 5.93. The number of amides is 2. The number of nitrogens with zero attached hydrogens (tertiary/aromatic N) is 2. The molecular weight excluding hydrogens is 368 g/mol. The molecule has 0 radical (unpaired) electrons. The fourth-order valence-electron chi connectivity index (χ4n) is 3.20. The number of rotatable bonds is 8. The number of carbonyl (C=O) groups is 2. The fourth-order valence-corrected chi connectivity index (χ4v) is 3.92. The second kappa shape index (κ2) is 8.91. The van der Waals surface area contributed by atoms with Crippen molar-refractivity contribution in [3.05, 3.63) is 58.3 Å². The molecular formula is C23H30N2O2S. The first kappa shape index (κ1) is 20.6. The van der Waals surface area contributed by atoms with Crippen molar-refractivity contribution < 1.29 is 9.59 Å². The van der Waals surface area contributed by atoms with E-state index in [1.54, 1.807) is 16.2 Å². The number of hydrogen-bond donors (Lipinski definition) is 0. The van der Waals surface area contributed by atoms with Gasteiger partial charge in [0.2, 0.25) is 11.8 Å². The van der Waals surface area contributed by atoms with Gasteiger partial charge in [-0.1, -0.05) is 57.2 Å². The van der Waals surface area contributed by atoms with Gasteiger partial charge in [0.05, 0.1) is 13.1 Å². The summed E-state index contributed by atoms with van der Waals surface area (Å²) in [5.41, 5.74) is 0.621. The maximum absolute atomic E-state index is 13.3. The molecule has 0 saturated heterocycles. The molecule has 1 saturated carbocycles. The standard InChI is InChI=1S/C23H30N2O2S/c1-23(2,3)22(27)25(15-19-11-12-19)17-21(26)24(16-20-10-7-13-28-20)14-18-8-5-4-6-9-18/h4-10,13,19H,11-12,14-17H2,1-3H3. The minimum atomic E-state index is -0.479. The molecule has 0 aliphatic heterocycles. The topological polar surface area (TPSA) is 40.6 Å². The Morgan fingerprint density at radius 1 is 1.00 bits per heavy atom. The monoisotopic (exact) mass is 398 g/mol. The molecule has 0 unspecified atom stereocenters. The van der Waals surface area contributed by atoms with Crippen LogP contribution in [-0.4, -0.2) is 34.7 Å². The Hall–Kier alpha value is -2.14. The smallest absolute Gasteiger partial charge is 0.242 e. The Kier molecular flexibility index (Phi) is 6.55. The van der Waals surface area contributed by atoms with E-state index in [0.717, 1.165) is 23.3 Å². The molecule has 3 rings (SSSR count). The highest BCUT2D eigenvalue weighted by molar-refractivity contribution is 7.09. The Bertz CT molecular complexity index is 777. The van der Waals surface area contributed by atoms with Gasteiger partial charge in [0, 0.05) is 23.4 Å². The highest BCUT2D eigenvalue weighted by Crippen LogP contribution is 2.31. The number of carbonyl (C=O) groups excluding carboxylic acids is 2. The first-order chi connectivity index (χ1) is 13.3. The van der Waals surface area contributed by atoms with Gasteiger partial charge in [-0.25, -0.2) is 0 Å². The second-order valence-corrected chi connectivity index (χ2v) is 9.73. The van der Waals surface area contributed by atoms with Gasteiger partial charge in [-0.3, -0.25) is 9.59 Å². The van der Waals surface area contributed by atoms with Crippen LogP contribution in [0.15, 0.2) is 47.8 Å². The lowest BCUT2D eigenvalue weighted by Crippen LogP contribution is -2.47. The Morgan fingerprint density at radius 2 is 1.71 bits per heavy atom. The van der Waals surface area contributed by atoms with E-state index >= 15 is 0 Å². The van der Waals surface area contributed by atoms with Crippen LogP contribution in [0, 0.1) is 11.3 Å². The van der Waals surface area contributed by atoms with Crippen molar-refractivity contribution in [3.8, 4) is 0 Å². The first-order valence-corrected chi connectivity index (χ1v) is 10.8. The van der Waals surface area contributed by atoms with Crippen LogP contribution in [-0.2, 0) is 22.7 Å². The quantitative estimate of drug-likeness (QED) is 0.654. The van der Waals surface area contributed by atoms with Gasteiger partial charge in [-0.2, -0.15) is 0 Å². The fraction of sp³-hybridized carbons (Fsp3) is 0.478. The number of hydrogen-bond acceptors (Lipinski definition) is 3. The molecule has 5 heteroatoms. The van der Waals surface area contributed by atoms with Crippen molar-refractivity contribution in [3.63, 3.8) is 0 Å². The summed E-state index contributed by atoms with van der Waals surface area (Å²) in [5, 5.41) is 2.03. The normalized spacial score (nSPS) is 14.0. The van der Waals surface area contributed by atoms with Crippen LogP contribution in [0.1, 0.15) is 44.1 Å². The zero-order valence-electron chi connectivity index (χ0n) is 17.1. The SMILES string of the molecule is CC(C)(C)C(=O)N(CC(=O)N(Cc1ccccc1)Cc1cccs1)CC1CC1. The van der Waals surface area contributed by atoms with Crippen molar-refractivity contribution in [1.29, 1.82) is 0 Å². The zero-order chi connectivity index (χ0) is 20.1. The van der Waals surface area contributed by atoms with Crippen LogP contribution in [0.3, 0.4) is 0 Å². The van der Waals surface area contributed by atoms with Crippen LogP contribution < -0.4 is 0 Å². The Labute approximate surface area is 172 Å². The van der Waals surface area contributed by atoms with Crippen molar-refractivity contribution in [2.45, 2.75) is 46.7 Å². The molecule has 2 aromatic rings. The Morgan fingerprint density at radius 3 is 2.29 bits per heavy atom. The van der Waals surface area contributed by atoms with Crippen molar-refractivity contribution in [1.82, 2.24) is 9.80 Å². The van der Waals surface area contributed by atoms with E-state index in [2.05, 4.69) is 6.07 Å². The maximum Gasteiger partial charge on any atom is 0.242 e. The maximum atomic E-state index is 13.3. The molecule has 1 heterocycles. The van der Waals surface area contributed by atoms with Crippen LogP contribution in [0.2, 0.25) is 0 Å². The van der Waals surface area contributed by atoms with Crippen LogP contribution in [0.25, 0.3) is 0 Å². The predicted molar refractivity (Wildman–Crippen MR) is 114 cm³/mol. The van der Waals surface area contributed by atoms with Crippen LogP contribution in [0.5, 0.6) is 0 Å². The lowest BCUT2D eigenvalue weighted by molar-refractivity contribution is -0.146. The number of thiophene rings is 1. The van der Waals surface area contributed by atoms with Gasteiger partial charge >= 0.3 is 0 Å². The van der Waals surface area contributed by atoms with Gasteiger partial charge in [-0.15, -0.1) is 11.3 Å². The van der Waals surface area contributed by atoms with Crippen molar-refractivity contribution in [2.75, 3.05) is 13.1 Å². The van der Waals surface area contributed by atoms with E-state index < -0.39 is 5.41 Å². The summed E-state index contributed by atoms with van der Waals surface area (Å²) in [6, 6.07) is 14.1. The molecule has 2 amide bonds. The predicted octanol–water partition coefficient (Wildman–Crippen LogP) is 4.56. The molecule has 150 valence electrons. The first-order valence-electron chi connectivity index (χ1n) is 9.96. The average Bonchev–Trinajstić information content (AvgIpc) is 3.32. The molecule has 1 aliphatic carbocycles. The summed E-state index contributed by atoms with van der Waals surface area (Å²) in [6.07, 6.45) is 2.32. The van der Waals surface area contributed by atoms with E-state index in [4.69, 9.17) is 0 Å². The molecule has 1 aromatic heterocycles. The van der Waals surface area contributed by atoms with Gasteiger partial charge in [0.1, 0.15) is 0 Å². The molecule has 0 N–H and O–H groups in total. The summed E-state index contributed by atoms with van der Waals surface area (Å²) in [4.78, 5) is 31.0. The van der Waals surface area contributed by atoms with Gasteiger partial charge in [0.15, 0.2) is 0 Å². The van der Waals surface area contributed by atoms with Crippen molar-refractivity contribution in [2.24, 2.45) is 11.3 Å². The van der Waals surface area contributed by atoms with Gasteiger partial charge < -0.3 is 9.80 Å². The van der Waals surface area contributed by atoms with Crippen LogP contribution >= 0.6 is 11.3 Å². The van der Waals surface area contributed by atoms with Gasteiger partial charge in [-0.05, 0) is 35.8 Å². The minimum absolute atomic E-state index is 0.00973. The summed E-state index contributed by atoms with van der Waals surface area (Å²) >= 11 is 1.65. The third-order valence-electron chi connectivity index (χ3n) is 4.93. The Balaban J connectivity index is 1.74. The average molecular weight is 399 g/mol. The molecule has 0 bridgehead atoms.